The van der Waals surface area contributed by atoms with Gasteiger partial charge in [0.25, 0.3) is 0 Å². The molecule has 0 atom stereocenters. The number of aromatic nitrogens is 2. The van der Waals surface area contributed by atoms with Crippen LogP contribution in [0.4, 0.5) is 0 Å². The highest BCUT2D eigenvalue weighted by atomic mass is 15.3. The van der Waals surface area contributed by atoms with Gasteiger partial charge in [-0.3, -0.25) is 4.98 Å². The minimum atomic E-state index is 0.585. The van der Waals surface area contributed by atoms with Crippen LogP contribution >= 0.6 is 0 Å². The van der Waals surface area contributed by atoms with E-state index in [1.807, 2.05) is 25.1 Å². The molecule has 0 unspecified atom stereocenters. The molecular weight excluding hydrogens is 274 g/mol. The van der Waals surface area contributed by atoms with E-state index in [0.717, 1.165) is 30.4 Å². The van der Waals surface area contributed by atoms with E-state index in [1.165, 1.54) is 5.69 Å². The van der Waals surface area contributed by atoms with E-state index in [1.54, 1.807) is 0 Å². The average molecular weight is 299 g/mol. The Balaban J connectivity index is 2.07. The first-order valence-corrected chi connectivity index (χ1v) is 7.62. The summed E-state index contributed by atoms with van der Waals surface area (Å²) in [7, 11) is 4.11. The second-order valence-electron chi connectivity index (χ2n) is 5.41. The second-order valence-corrected chi connectivity index (χ2v) is 5.41. The van der Waals surface area contributed by atoms with Gasteiger partial charge < -0.3 is 14.8 Å². The Bertz CT molecular complexity index is 629. The highest BCUT2D eigenvalue weighted by Gasteiger charge is 2.08. The smallest absolute Gasteiger partial charge is 0.194 e. The van der Waals surface area contributed by atoms with E-state index in [-0.39, 0.29) is 0 Å². The first kappa shape index (κ1) is 16.1. The number of guanidine groups is 1. The SMILES string of the molecule is CCNC(=NCc1cccc(C)n1)N(C)Cc1cccn1C. The Hall–Kier alpha value is -2.30. The quantitative estimate of drug-likeness (QED) is 0.681. The van der Waals surface area contributed by atoms with Crippen molar-refractivity contribution in [1.29, 1.82) is 0 Å². The van der Waals surface area contributed by atoms with Gasteiger partial charge in [0.1, 0.15) is 0 Å². The number of aryl methyl sites for hydroxylation is 2. The lowest BCUT2D eigenvalue weighted by Crippen LogP contribution is -2.38. The van der Waals surface area contributed by atoms with Crippen molar-refractivity contribution in [2.75, 3.05) is 13.6 Å². The minimum absolute atomic E-state index is 0.585. The predicted octanol–water partition coefficient (Wildman–Crippen LogP) is 2.33. The molecule has 2 aromatic heterocycles. The molecule has 2 heterocycles. The van der Waals surface area contributed by atoms with Crippen LogP contribution in [-0.2, 0) is 20.1 Å². The van der Waals surface area contributed by atoms with Crippen molar-refractivity contribution in [3.05, 3.63) is 53.6 Å². The summed E-state index contributed by atoms with van der Waals surface area (Å²) in [5, 5.41) is 3.34. The van der Waals surface area contributed by atoms with E-state index in [2.05, 4.69) is 59.1 Å². The fraction of sp³-hybridized carbons (Fsp3) is 0.412. The lowest BCUT2D eigenvalue weighted by Gasteiger charge is -2.22. The average Bonchev–Trinajstić information content (AvgIpc) is 2.88. The molecule has 2 rings (SSSR count). The highest BCUT2D eigenvalue weighted by Crippen LogP contribution is 2.05. The zero-order chi connectivity index (χ0) is 15.9. The van der Waals surface area contributed by atoms with Gasteiger partial charge >= 0.3 is 0 Å². The van der Waals surface area contributed by atoms with Gasteiger partial charge in [-0.2, -0.15) is 0 Å². The van der Waals surface area contributed by atoms with Crippen molar-refractivity contribution < 1.29 is 0 Å². The van der Waals surface area contributed by atoms with Crippen LogP contribution in [0.3, 0.4) is 0 Å². The Kier molecular flexibility index (Phi) is 5.58. The summed E-state index contributed by atoms with van der Waals surface area (Å²) in [4.78, 5) is 11.3. The molecule has 0 radical (unpaired) electrons. The van der Waals surface area contributed by atoms with Crippen molar-refractivity contribution in [3.63, 3.8) is 0 Å². The standard InChI is InChI=1S/C17H25N5/c1-5-18-17(19-12-15-9-6-8-14(2)20-15)22(4)13-16-10-7-11-21(16)3/h6-11H,5,12-13H2,1-4H3,(H,18,19). The monoisotopic (exact) mass is 299 g/mol. The van der Waals surface area contributed by atoms with Crippen LogP contribution in [0.1, 0.15) is 24.0 Å². The Morgan fingerprint density at radius 1 is 1.32 bits per heavy atom. The van der Waals surface area contributed by atoms with Crippen molar-refractivity contribution in [2.24, 2.45) is 12.0 Å². The molecule has 0 saturated heterocycles. The number of nitrogens with zero attached hydrogens (tertiary/aromatic N) is 4. The van der Waals surface area contributed by atoms with Crippen LogP contribution in [0.15, 0.2) is 41.5 Å². The van der Waals surface area contributed by atoms with Crippen molar-refractivity contribution >= 4 is 5.96 Å². The molecule has 2 aromatic rings. The molecule has 0 spiro atoms. The summed E-state index contributed by atoms with van der Waals surface area (Å²) >= 11 is 0. The fourth-order valence-corrected chi connectivity index (χ4v) is 2.29. The maximum absolute atomic E-state index is 4.69. The van der Waals surface area contributed by atoms with Crippen molar-refractivity contribution in [2.45, 2.75) is 26.9 Å². The molecule has 0 bridgehead atoms. The molecule has 0 fully saturated rings. The van der Waals surface area contributed by atoms with Gasteiger partial charge in [0.15, 0.2) is 5.96 Å². The molecule has 5 nitrogen and oxygen atoms in total. The van der Waals surface area contributed by atoms with Gasteiger partial charge in [-0.1, -0.05) is 6.07 Å². The van der Waals surface area contributed by atoms with E-state index in [9.17, 15) is 0 Å². The van der Waals surface area contributed by atoms with Gasteiger partial charge in [0.2, 0.25) is 0 Å². The Labute approximate surface area is 132 Å². The first-order chi connectivity index (χ1) is 10.6. The van der Waals surface area contributed by atoms with Crippen LogP contribution in [-0.4, -0.2) is 34.0 Å². The van der Waals surface area contributed by atoms with Gasteiger partial charge in [-0.15, -0.1) is 0 Å². The van der Waals surface area contributed by atoms with Crippen LogP contribution in [0.5, 0.6) is 0 Å². The maximum Gasteiger partial charge on any atom is 0.194 e. The molecule has 5 heteroatoms. The molecule has 0 aliphatic heterocycles. The predicted molar refractivity (Wildman–Crippen MR) is 90.7 cm³/mol. The summed E-state index contributed by atoms with van der Waals surface area (Å²) in [5.41, 5.74) is 3.26. The molecular formula is C17H25N5. The summed E-state index contributed by atoms with van der Waals surface area (Å²) in [6.45, 7) is 6.33. The van der Waals surface area contributed by atoms with Gasteiger partial charge in [-0.25, -0.2) is 4.99 Å². The number of aliphatic imine (C=N–C) groups is 1. The van der Waals surface area contributed by atoms with Gasteiger partial charge in [0, 0.05) is 38.2 Å². The van der Waals surface area contributed by atoms with Crippen LogP contribution in [0.2, 0.25) is 0 Å². The largest absolute Gasteiger partial charge is 0.357 e. The zero-order valence-corrected chi connectivity index (χ0v) is 13.9. The first-order valence-electron chi connectivity index (χ1n) is 7.62. The number of rotatable bonds is 5. The highest BCUT2D eigenvalue weighted by molar-refractivity contribution is 5.79. The number of nitrogens with one attached hydrogen (secondary N) is 1. The Morgan fingerprint density at radius 3 is 2.77 bits per heavy atom. The maximum atomic E-state index is 4.69. The van der Waals surface area contributed by atoms with Gasteiger partial charge in [-0.05, 0) is 38.1 Å². The number of pyridine rings is 1. The number of hydrogen-bond donors (Lipinski definition) is 1. The molecule has 0 aliphatic carbocycles. The molecule has 22 heavy (non-hydrogen) atoms. The summed E-state index contributed by atoms with van der Waals surface area (Å²) in [6, 6.07) is 10.2. The van der Waals surface area contributed by atoms with E-state index >= 15 is 0 Å². The second kappa shape index (κ2) is 7.64. The van der Waals surface area contributed by atoms with Crippen LogP contribution in [0.25, 0.3) is 0 Å². The molecule has 0 amide bonds. The molecule has 0 aromatic carbocycles. The molecule has 118 valence electrons. The third-order valence-corrected chi connectivity index (χ3v) is 3.48. The van der Waals surface area contributed by atoms with E-state index < -0.39 is 0 Å². The minimum Gasteiger partial charge on any atom is -0.357 e. The third kappa shape index (κ3) is 4.35. The van der Waals surface area contributed by atoms with E-state index in [0.29, 0.717) is 6.54 Å². The lowest BCUT2D eigenvalue weighted by atomic mass is 10.3. The third-order valence-electron chi connectivity index (χ3n) is 3.48. The van der Waals surface area contributed by atoms with Crippen LogP contribution in [0, 0.1) is 6.92 Å². The molecule has 0 saturated carbocycles. The van der Waals surface area contributed by atoms with Crippen LogP contribution < -0.4 is 5.32 Å². The van der Waals surface area contributed by atoms with Crippen molar-refractivity contribution in [1.82, 2.24) is 19.8 Å². The normalized spacial score (nSPS) is 11.5. The molecule has 0 aliphatic rings. The topological polar surface area (TPSA) is 45.5 Å². The Morgan fingerprint density at radius 2 is 2.14 bits per heavy atom. The van der Waals surface area contributed by atoms with E-state index in [4.69, 9.17) is 4.99 Å². The fourth-order valence-electron chi connectivity index (χ4n) is 2.29. The van der Waals surface area contributed by atoms with Crippen molar-refractivity contribution in [3.8, 4) is 0 Å². The lowest BCUT2D eigenvalue weighted by molar-refractivity contribution is 0.461. The summed E-state index contributed by atoms with van der Waals surface area (Å²) in [6.07, 6.45) is 2.06. The molecule has 1 N–H and O–H groups in total. The number of hydrogen-bond acceptors (Lipinski definition) is 2. The van der Waals surface area contributed by atoms with Gasteiger partial charge in [0.05, 0.1) is 18.8 Å². The zero-order valence-electron chi connectivity index (χ0n) is 13.9. The summed E-state index contributed by atoms with van der Waals surface area (Å²) < 4.78 is 2.13. The summed E-state index contributed by atoms with van der Waals surface area (Å²) in [5.74, 6) is 0.895.